The Hall–Kier alpha value is -0.970. The molecule has 0 aromatic heterocycles. The third-order valence-corrected chi connectivity index (χ3v) is 1.40. The fraction of sp³-hybridized carbons (Fsp3) is 0.667. The maximum absolute atomic E-state index is 6.95. The van der Waals surface area contributed by atoms with Crippen molar-refractivity contribution in [2.45, 2.75) is 12.8 Å². The molecule has 1 heterocycles. The van der Waals surface area contributed by atoms with Crippen LogP contribution in [0.3, 0.4) is 0 Å². The van der Waals surface area contributed by atoms with Crippen molar-refractivity contribution >= 4 is 24.3 Å². The summed E-state index contributed by atoms with van der Waals surface area (Å²) in [6, 6.07) is 0. The summed E-state index contributed by atoms with van der Waals surface area (Å²) in [7, 11) is 0. The zero-order valence-corrected chi connectivity index (χ0v) is 7.58. The standard InChI is InChI=1S/C6H13N5.ClH/c7-5(8)11-6-9-3-1-2-4-10-6;/h1-4H2,(H5,7,8,9,10,11);1H. The monoisotopic (exact) mass is 191 g/mol. The molecule has 1 rings (SSSR count). The molecule has 0 aromatic rings. The van der Waals surface area contributed by atoms with Gasteiger partial charge >= 0.3 is 0 Å². The van der Waals surface area contributed by atoms with Crippen LogP contribution >= 0.6 is 12.4 Å². The summed E-state index contributed by atoms with van der Waals surface area (Å²) in [6.07, 6.45) is 2.21. The minimum absolute atomic E-state index is 0. The van der Waals surface area contributed by atoms with Crippen LogP contribution in [-0.4, -0.2) is 25.0 Å². The van der Waals surface area contributed by atoms with Crippen LogP contribution in [0.15, 0.2) is 4.99 Å². The molecule has 0 spiro atoms. The Bertz CT molecular complexity index is 179. The molecule has 0 saturated heterocycles. The molecule has 0 aliphatic carbocycles. The molecule has 5 N–H and O–H groups in total. The Morgan fingerprint density at radius 1 is 1.58 bits per heavy atom. The minimum Gasteiger partial charge on any atom is -0.370 e. The number of nitrogens with one attached hydrogen (secondary N) is 3. The molecule has 0 unspecified atom stereocenters. The van der Waals surface area contributed by atoms with Gasteiger partial charge in [-0.25, -0.2) is 0 Å². The minimum atomic E-state index is -0.0712. The highest BCUT2D eigenvalue weighted by Crippen LogP contribution is 1.91. The van der Waals surface area contributed by atoms with Gasteiger partial charge in [0, 0.05) is 13.1 Å². The van der Waals surface area contributed by atoms with Crippen LogP contribution in [0.25, 0.3) is 0 Å². The van der Waals surface area contributed by atoms with Gasteiger partial charge in [0.05, 0.1) is 0 Å². The van der Waals surface area contributed by atoms with Crippen molar-refractivity contribution in [3.8, 4) is 0 Å². The summed E-state index contributed by atoms with van der Waals surface area (Å²) in [5.41, 5.74) is 5.13. The molecule has 0 aromatic carbocycles. The Balaban J connectivity index is 0.00000121. The van der Waals surface area contributed by atoms with Crippen LogP contribution in [0.1, 0.15) is 12.8 Å². The Morgan fingerprint density at radius 3 is 3.00 bits per heavy atom. The lowest BCUT2D eigenvalue weighted by Crippen LogP contribution is -2.43. The van der Waals surface area contributed by atoms with Gasteiger partial charge in [-0.05, 0) is 12.8 Å². The molecular weight excluding hydrogens is 178 g/mol. The highest BCUT2D eigenvalue weighted by Gasteiger charge is 2.01. The topological polar surface area (TPSA) is 86.3 Å². The first-order valence-corrected chi connectivity index (χ1v) is 3.68. The van der Waals surface area contributed by atoms with E-state index in [9.17, 15) is 0 Å². The second-order valence-corrected chi connectivity index (χ2v) is 2.40. The van der Waals surface area contributed by atoms with E-state index < -0.39 is 0 Å². The third-order valence-electron chi connectivity index (χ3n) is 1.40. The lowest BCUT2D eigenvalue weighted by atomic mass is 10.3. The maximum Gasteiger partial charge on any atom is 0.198 e. The number of hydrogen-bond acceptors (Lipinski definition) is 3. The lowest BCUT2D eigenvalue weighted by molar-refractivity contribution is 0.747. The van der Waals surface area contributed by atoms with E-state index in [0.29, 0.717) is 5.96 Å². The van der Waals surface area contributed by atoms with E-state index in [2.05, 4.69) is 15.6 Å². The van der Waals surface area contributed by atoms with Crippen molar-refractivity contribution in [2.75, 3.05) is 13.1 Å². The normalized spacial score (nSPS) is 16.2. The van der Waals surface area contributed by atoms with Gasteiger partial charge in [-0.3, -0.25) is 15.7 Å². The van der Waals surface area contributed by atoms with Crippen molar-refractivity contribution in [3.05, 3.63) is 0 Å². The van der Waals surface area contributed by atoms with E-state index in [1.807, 2.05) is 0 Å². The Kier molecular flexibility index (Phi) is 5.19. The molecule has 0 fully saturated rings. The van der Waals surface area contributed by atoms with Crippen molar-refractivity contribution < 1.29 is 0 Å². The number of nitrogens with zero attached hydrogens (tertiary/aromatic N) is 1. The predicted octanol–water partition coefficient (Wildman–Crippen LogP) is -0.369. The van der Waals surface area contributed by atoms with Crippen molar-refractivity contribution in [1.82, 2.24) is 10.6 Å². The van der Waals surface area contributed by atoms with Crippen LogP contribution < -0.4 is 16.4 Å². The van der Waals surface area contributed by atoms with Crippen molar-refractivity contribution in [2.24, 2.45) is 10.7 Å². The molecule has 0 bridgehead atoms. The summed E-state index contributed by atoms with van der Waals surface area (Å²) >= 11 is 0. The SMILES string of the molecule is Cl.N=C(N)NC1=NCCCCN1. The highest BCUT2D eigenvalue weighted by molar-refractivity contribution is 5.96. The van der Waals surface area contributed by atoms with Gasteiger partial charge in [-0.2, -0.15) is 0 Å². The summed E-state index contributed by atoms with van der Waals surface area (Å²) in [5, 5.41) is 12.6. The summed E-state index contributed by atoms with van der Waals surface area (Å²) in [5.74, 6) is 0.549. The third kappa shape index (κ3) is 4.02. The van der Waals surface area contributed by atoms with Crippen LogP contribution in [0.5, 0.6) is 0 Å². The van der Waals surface area contributed by atoms with Crippen LogP contribution in [0.2, 0.25) is 0 Å². The van der Waals surface area contributed by atoms with Crippen molar-refractivity contribution in [3.63, 3.8) is 0 Å². The van der Waals surface area contributed by atoms with Gasteiger partial charge in [0.25, 0.3) is 0 Å². The fourth-order valence-corrected chi connectivity index (χ4v) is 0.902. The average Bonchev–Trinajstić information content (AvgIpc) is 2.14. The van der Waals surface area contributed by atoms with E-state index in [1.54, 1.807) is 0 Å². The number of guanidine groups is 2. The molecule has 1 aliphatic heterocycles. The quantitative estimate of drug-likeness (QED) is 0.311. The average molecular weight is 192 g/mol. The molecule has 5 nitrogen and oxygen atoms in total. The molecule has 6 heteroatoms. The smallest absolute Gasteiger partial charge is 0.198 e. The van der Waals surface area contributed by atoms with E-state index in [1.165, 1.54) is 0 Å². The van der Waals surface area contributed by atoms with Crippen molar-refractivity contribution in [1.29, 1.82) is 5.41 Å². The van der Waals surface area contributed by atoms with E-state index in [-0.39, 0.29) is 18.4 Å². The largest absolute Gasteiger partial charge is 0.370 e. The summed E-state index contributed by atoms with van der Waals surface area (Å²) < 4.78 is 0. The number of nitrogens with two attached hydrogens (primary N) is 1. The van der Waals surface area contributed by atoms with Crippen LogP contribution in [-0.2, 0) is 0 Å². The first-order chi connectivity index (χ1) is 5.29. The second-order valence-electron chi connectivity index (χ2n) is 2.40. The first-order valence-electron chi connectivity index (χ1n) is 3.68. The van der Waals surface area contributed by atoms with Gasteiger partial charge < -0.3 is 11.1 Å². The van der Waals surface area contributed by atoms with E-state index >= 15 is 0 Å². The number of hydrogen-bond donors (Lipinski definition) is 4. The zero-order chi connectivity index (χ0) is 8.10. The van der Waals surface area contributed by atoms with Gasteiger partial charge in [0.2, 0.25) is 0 Å². The molecule has 0 atom stereocenters. The molecule has 0 amide bonds. The Morgan fingerprint density at radius 2 is 2.33 bits per heavy atom. The first kappa shape index (κ1) is 11.0. The molecular formula is C6H14ClN5. The fourth-order valence-electron chi connectivity index (χ4n) is 0.902. The van der Waals surface area contributed by atoms with Crippen LogP contribution in [0, 0.1) is 5.41 Å². The zero-order valence-electron chi connectivity index (χ0n) is 6.76. The number of rotatable bonds is 0. The molecule has 0 saturated carbocycles. The van der Waals surface area contributed by atoms with E-state index in [0.717, 1.165) is 25.9 Å². The van der Waals surface area contributed by atoms with Gasteiger partial charge in [-0.1, -0.05) is 0 Å². The van der Waals surface area contributed by atoms with Crippen LogP contribution in [0.4, 0.5) is 0 Å². The van der Waals surface area contributed by atoms with Gasteiger partial charge in [0.15, 0.2) is 11.9 Å². The second kappa shape index (κ2) is 5.65. The van der Waals surface area contributed by atoms with E-state index in [4.69, 9.17) is 11.1 Å². The highest BCUT2D eigenvalue weighted by atomic mass is 35.5. The van der Waals surface area contributed by atoms with Gasteiger partial charge in [0.1, 0.15) is 0 Å². The molecule has 12 heavy (non-hydrogen) atoms. The van der Waals surface area contributed by atoms with Gasteiger partial charge in [-0.15, -0.1) is 12.4 Å². The number of halogens is 1. The summed E-state index contributed by atoms with van der Waals surface area (Å²) in [4.78, 5) is 4.14. The molecule has 0 radical (unpaired) electrons. The maximum atomic E-state index is 6.95. The Labute approximate surface area is 77.7 Å². The predicted molar refractivity (Wildman–Crippen MR) is 51.8 cm³/mol. The summed E-state index contributed by atoms with van der Waals surface area (Å²) in [6.45, 7) is 1.71. The molecule has 1 aliphatic rings. The molecule has 70 valence electrons. The lowest BCUT2D eigenvalue weighted by Gasteiger charge is -2.06. The number of aliphatic imine (C=N–C) groups is 1.